The van der Waals surface area contributed by atoms with Crippen LogP contribution in [0.25, 0.3) is 0 Å². The molecule has 2 heterocycles. The topological polar surface area (TPSA) is 104 Å². The number of carbonyl (C=O) groups is 3. The minimum absolute atomic E-state index is 0.0981. The van der Waals surface area contributed by atoms with Gasteiger partial charge >= 0.3 is 6.09 Å². The van der Waals surface area contributed by atoms with E-state index in [1.807, 2.05) is 0 Å². The van der Waals surface area contributed by atoms with Crippen molar-refractivity contribution in [2.75, 3.05) is 33.8 Å². The van der Waals surface area contributed by atoms with Gasteiger partial charge in [0.15, 0.2) is 6.61 Å². The molecule has 134 valence electrons. The minimum Gasteiger partial charge on any atom is -0.439 e. The highest BCUT2D eigenvalue weighted by molar-refractivity contribution is 7.89. The zero-order valence-corrected chi connectivity index (χ0v) is 14.5. The molecular weight excluding hydrogens is 350 g/mol. The first-order valence-corrected chi connectivity index (χ1v) is 8.96. The molecule has 9 nitrogen and oxygen atoms in total. The standard InChI is InChI=1S/C15H17N3O6S/c1-16(2)25(22,23)12-5-3-10(4-6-12)14(20)17-7-11(8-17)18-13(19)9-24-15(18)21/h3-6,11H,7-9H2,1-2H3. The van der Waals surface area contributed by atoms with E-state index >= 15 is 0 Å². The van der Waals surface area contributed by atoms with Crippen molar-refractivity contribution in [2.24, 2.45) is 0 Å². The maximum absolute atomic E-state index is 12.4. The van der Waals surface area contributed by atoms with E-state index in [0.29, 0.717) is 5.56 Å². The summed E-state index contributed by atoms with van der Waals surface area (Å²) in [5.74, 6) is -0.689. The predicted octanol–water partition coefficient (Wildman–Crippen LogP) is -0.260. The summed E-state index contributed by atoms with van der Waals surface area (Å²) >= 11 is 0. The molecule has 2 saturated heterocycles. The van der Waals surface area contributed by atoms with Crippen LogP contribution in [0.1, 0.15) is 10.4 Å². The molecule has 0 spiro atoms. The first-order chi connectivity index (χ1) is 11.7. The predicted molar refractivity (Wildman–Crippen MR) is 85.2 cm³/mol. The lowest BCUT2D eigenvalue weighted by Crippen LogP contribution is -2.62. The van der Waals surface area contributed by atoms with Crippen molar-refractivity contribution in [2.45, 2.75) is 10.9 Å². The van der Waals surface area contributed by atoms with Crippen LogP contribution in [-0.2, 0) is 19.6 Å². The molecule has 0 radical (unpaired) electrons. The molecule has 10 heteroatoms. The second-order valence-electron chi connectivity index (χ2n) is 5.99. The Morgan fingerprint density at radius 1 is 1.16 bits per heavy atom. The fourth-order valence-electron chi connectivity index (χ4n) is 2.66. The third-order valence-electron chi connectivity index (χ3n) is 4.18. The summed E-state index contributed by atoms with van der Waals surface area (Å²) in [5, 5.41) is 0. The van der Waals surface area contributed by atoms with E-state index in [1.54, 1.807) is 0 Å². The largest absolute Gasteiger partial charge is 0.439 e. The molecule has 0 unspecified atom stereocenters. The molecule has 0 aromatic heterocycles. The van der Waals surface area contributed by atoms with Gasteiger partial charge in [0.1, 0.15) is 0 Å². The first kappa shape index (κ1) is 17.4. The van der Waals surface area contributed by atoms with Crippen LogP contribution < -0.4 is 0 Å². The first-order valence-electron chi connectivity index (χ1n) is 7.52. The molecule has 1 aromatic rings. The number of likely N-dealkylation sites (tertiary alicyclic amines) is 1. The quantitative estimate of drug-likeness (QED) is 0.726. The van der Waals surface area contributed by atoms with Crippen LogP contribution in [0.3, 0.4) is 0 Å². The number of hydrogen-bond acceptors (Lipinski definition) is 6. The van der Waals surface area contributed by atoms with Gasteiger partial charge in [0.2, 0.25) is 10.0 Å². The van der Waals surface area contributed by atoms with Gasteiger partial charge in [-0.25, -0.2) is 22.4 Å². The summed E-state index contributed by atoms with van der Waals surface area (Å²) in [4.78, 5) is 38.1. The van der Waals surface area contributed by atoms with E-state index < -0.39 is 22.0 Å². The Morgan fingerprint density at radius 2 is 1.76 bits per heavy atom. The number of amides is 3. The van der Waals surface area contributed by atoms with Gasteiger partial charge in [-0.3, -0.25) is 9.59 Å². The molecule has 0 bridgehead atoms. The Labute approximate surface area is 144 Å². The molecule has 2 fully saturated rings. The molecule has 1 aromatic carbocycles. The Bertz CT molecular complexity index is 811. The summed E-state index contributed by atoms with van der Waals surface area (Å²) in [6.45, 7) is 0.208. The molecule has 3 rings (SSSR count). The number of sulfonamides is 1. The number of ether oxygens (including phenoxy) is 1. The monoisotopic (exact) mass is 367 g/mol. The third-order valence-corrected chi connectivity index (χ3v) is 6.01. The van der Waals surface area contributed by atoms with E-state index in [4.69, 9.17) is 0 Å². The van der Waals surface area contributed by atoms with Crippen LogP contribution in [0.5, 0.6) is 0 Å². The van der Waals surface area contributed by atoms with Crippen molar-refractivity contribution >= 4 is 27.9 Å². The highest BCUT2D eigenvalue weighted by Crippen LogP contribution is 2.22. The second-order valence-corrected chi connectivity index (χ2v) is 8.15. The fourth-order valence-corrected chi connectivity index (χ4v) is 3.57. The summed E-state index contributed by atoms with van der Waals surface area (Å²) in [6, 6.07) is 5.27. The minimum atomic E-state index is -3.55. The van der Waals surface area contributed by atoms with Crippen molar-refractivity contribution in [1.29, 1.82) is 0 Å². The summed E-state index contributed by atoms with van der Waals surface area (Å²) in [5.41, 5.74) is 0.339. The Hall–Kier alpha value is -2.46. The van der Waals surface area contributed by atoms with Crippen molar-refractivity contribution in [3.63, 3.8) is 0 Å². The molecule has 0 saturated carbocycles. The summed E-state index contributed by atoms with van der Waals surface area (Å²) in [7, 11) is -0.691. The lowest BCUT2D eigenvalue weighted by Gasteiger charge is -2.41. The Morgan fingerprint density at radius 3 is 2.24 bits per heavy atom. The van der Waals surface area contributed by atoms with Gasteiger partial charge < -0.3 is 9.64 Å². The normalized spacial score (nSPS) is 18.5. The highest BCUT2D eigenvalue weighted by Gasteiger charge is 2.44. The lowest BCUT2D eigenvalue weighted by atomic mass is 10.1. The van der Waals surface area contributed by atoms with Gasteiger partial charge in [-0.05, 0) is 24.3 Å². The number of rotatable bonds is 4. The van der Waals surface area contributed by atoms with E-state index in [2.05, 4.69) is 4.74 Å². The number of nitrogens with zero attached hydrogens (tertiary/aromatic N) is 3. The van der Waals surface area contributed by atoms with Gasteiger partial charge in [-0.15, -0.1) is 0 Å². The molecule has 0 aliphatic carbocycles. The van der Waals surface area contributed by atoms with Gasteiger partial charge in [-0.1, -0.05) is 0 Å². The molecular formula is C15H17N3O6S. The maximum atomic E-state index is 12.4. The van der Waals surface area contributed by atoms with Crippen LogP contribution in [0.2, 0.25) is 0 Å². The van der Waals surface area contributed by atoms with E-state index in [0.717, 1.165) is 9.21 Å². The SMILES string of the molecule is CN(C)S(=O)(=O)c1ccc(C(=O)N2CC(N3C(=O)COC3=O)C2)cc1. The third kappa shape index (κ3) is 2.98. The smallest absolute Gasteiger partial charge is 0.417 e. The van der Waals surface area contributed by atoms with Crippen LogP contribution in [0.4, 0.5) is 4.79 Å². The fraction of sp³-hybridized carbons (Fsp3) is 0.400. The molecule has 2 aliphatic heterocycles. The van der Waals surface area contributed by atoms with Crippen LogP contribution in [0, 0.1) is 0 Å². The Balaban J connectivity index is 1.65. The van der Waals surface area contributed by atoms with Crippen molar-refractivity contribution < 1.29 is 27.5 Å². The highest BCUT2D eigenvalue weighted by atomic mass is 32.2. The number of cyclic esters (lactones) is 1. The van der Waals surface area contributed by atoms with Crippen molar-refractivity contribution in [3.8, 4) is 0 Å². The zero-order valence-electron chi connectivity index (χ0n) is 13.7. The van der Waals surface area contributed by atoms with Crippen molar-refractivity contribution in [3.05, 3.63) is 29.8 Å². The average Bonchev–Trinajstić information content (AvgIpc) is 2.85. The van der Waals surface area contributed by atoms with Crippen LogP contribution in [0.15, 0.2) is 29.2 Å². The number of hydrogen-bond donors (Lipinski definition) is 0. The lowest BCUT2D eigenvalue weighted by molar-refractivity contribution is -0.129. The molecule has 25 heavy (non-hydrogen) atoms. The number of carbonyl (C=O) groups excluding carboxylic acids is 3. The van der Waals surface area contributed by atoms with Crippen LogP contribution >= 0.6 is 0 Å². The van der Waals surface area contributed by atoms with Gasteiger partial charge in [0.05, 0.1) is 10.9 Å². The van der Waals surface area contributed by atoms with Crippen LogP contribution in [-0.4, -0.2) is 80.3 Å². The van der Waals surface area contributed by atoms with E-state index in [-0.39, 0.29) is 36.5 Å². The molecule has 3 amide bonds. The maximum Gasteiger partial charge on any atom is 0.417 e. The number of imide groups is 1. The summed E-state index contributed by atoms with van der Waals surface area (Å²) in [6.07, 6.45) is -0.680. The molecule has 0 N–H and O–H groups in total. The van der Waals surface area contributed by atoms with Crippen molar-refractivity contribution in [1.82, 2.24) is 14.1 Å². The van der Waals surface area contributed by atoms with Gasteiger partial charge in [0, 0.05) is 32.7 Å². The average molecular weight is 367 g/mol. The molecule has 2 aliphatic rings. The number of benzene rings is 1. The summed E-state index contributed by atoms with van der Waals surface area (Å²) < 4.78 is 29.8. The van der Waals surface area contributed by atoms with Gasteiger partial charge in [-0.2, -0.15) is 0 Å². The molecule has 0 atom stereocenters. The second kappa shape index (κ2) is 6.12. The van der Waals surface area contributed by atoms with E-state index in [1.165, 1.54) is 43.3 Å². The zero-order chi connectivity index (χ0) is 18.4. The Kier molecular flexibility index (Phi) is 4.25. The van der Waals surface area contributed by atoms with Gasteiger partial charge in [0.25, 0.3) is 11.8 Å². The van der Waals surface area contributed by atoms with E-state index in [9.17, 15) is 22.8 Å².